The predicted octanol–water partition coefficient (Wildman–Crippen LogP) is 2.98. The van der Waals surface area contributed by atoms with E-state index in [1.807, 2.05) is 31.2 Å². The fraction of sp³-hybridized carbons (Fsp3) is 0.263. The maximum Gasteiger partial charge on any atom is 0.325 e. The number of amides is 3. The van der Waals surface area contributed by atoms with Gasteiger partial charge in [-0.1, -0.05) is 29.8 Å². The van der Waals surface area contributed by atoms with Crippen LogP contribution >= 0.6 is 0 Å². The molecule has 1 aliphatic heterocycles. The highest BCUT2D eigenvalue weighted by Crippen LogP contribution is 2.28. The molecule has 1 unspecified atom stereocenters. The molecule has 1 N–H and O–H groups in total. The first-order chi connectivity index (χ1) is 11.9. The van der Waals surface area contributed by atoms with Gasteiger partial charge in [-0.05, 0) is 43.7 Å². The van der Waals surface area contributed by atoms with Crippen LogP contribution in [0.15, 0.2) is 48.5 Å². The number of benzene rings is 2. The summed E-state index contributed by atoms with van der Waals surface area (Å²) in [7, 11) is 0. The average molecular weight is 342 g/mol. The third kappa shape index (κ3) is 3.33. The Balaban J connectivity index is 1.66. The molecule has 2 aromatic carbocycles. The average Bonchev–Trinajstić information content (AvgIpc) is 2.81. The SMILES string of the molecule is Cc1ccc(C2(C)NC(=O)N(CCOc3ccc(F)cc3)C2=O)cc1. The number of nitrogens with one attached hydrogen (secondary N) is 1. The van der Waals surface area contributed by atoms with Gasteiger partial charge in [-0.25, -0.2) is 9.18 Å². The van der Waals surface area contributed by atoms with Crippen LogP contribution in [0.4, 0.5) is 9.18 Å². The van der Waals surface area contributed by atoms with Gasteiger partial charge in [0, 0.05) is 0 Å². The highest BCUT2D eigenvalue weighted by atomic mass is 19.1. The van der Waals surface area contributed by atoms with E-state index in [9.17, 15) is 14.0 Å². The molecule has 0 radical (unpaired) electrons. The molecule has 0 aliphatic carbocycles. The van der Waals surface area contributed by atoms with E-state index in [0.29, 0.717) is 5.75 Å². The first-order valence-electron chi connectivity index (χ1n) is 8.00. The number of aryl methyl sites for hydroxylation is 1. The third-order valence-corrected chi connectivity index (χ3v) is 4.30. The lowest BCUT2D eigenvalue weighted by Crippen LogP contribution is -2.41. The highest BCUT2D eigenvalue weighted by Gasteiger charge is 2.48. The monoisotopic (exact) mass is 342 g/mol. The van der Waals surface area contributed by atoms with E-state index in [4.69, 9.17) is 4.74 Å². The number of hydrogen-bond acceptors (Lipinski definition) is 3. The molecule has 6 heteroatoms. The van der Waals surface area contributed by atoms with Crippen molar-refractivity contribution in [2.45, 2.75) is 19.4 Å². The Morgan fingerprint density at radius 2 is 1.72 bits per heavy atom. The van der Waals surface area contributed by atoms with Crippen molar-refractivity contribution in [1.82, 2.24) is 10.2 Å². The van der Waals surface area contributed by atoms with Gasteiger partial charge in [-0.15, -0.1) is 0 Å². The van der Waals surface area contributed by atoms with Crippen LogP contribution in [0.2, 0.25) is 0 Å². The fourth-order valence-electron chi connectivity index (χ4n) is 2.77. The largest absolute Gasteiger partial charge is 0.492 e. The molecule has 3 rings (SSSR count). The van der Waals surface area contributed by atoms with Gasteiger partial charge in [-0.2, -0.15) is 0 Å². The van der Waals surface area contributed by atoms with Crippen LogP contribution in [0.1, 0.15) is 18.1 Å². The lowest BCUT2D eigenvalue weighted by atomic mass is 9.91. The maximum absolute atomic E-state index is 12.9. The predicted molar refractivity (Wildman–Crippen MR) is 90.7 cm³/mol. The third-order valence-electron chi connectivity index (χ3n) is 4.30. The molecular formula is C19H19FN2O3. The molecule has 1 saturated heterocycles. The Labute approximate surface area is 145 Å². The minimum Gasteiger partial charge on any atom is -0.492 e. The molecule has 0 bridgehead atoms. The van der Waals surface area contributed by atoms with Gasteiger partial charge in [-0.3, -0.25) is 9.69 Å². The highest BCUT2D eigenvalue weighted by molar-refractivity contribution is 6.07. The number of carbonyl (C=O) groups is 2. The smallest absolute Gasteiger partial charge is 0.325 e. The summed E-state index contributed by atoms with van der Waals surface area (Å²) in [5, 5.41) is 2.75. The fourth-order valence-corrected chi connectivity index (χ4v) is 2.77. The summed E-state index contributed by atoms with van der Waals surface area (Å²) in [5.74, 6) is -0.186. The normalized spacial score (nSPS) is 19.9. The molecule has 2 aromatic rings. The van der Waals surface area contributed by atoms with E-state index in [0.717, 1.165) is 16.0 Å². The molecule has 1 fully saturated rings. The zero-order valence-corrected chi connectivity index (χ0v) is 14.1. The molecule has 1 atom stereocenters. The van der Waals surface area contributed by atoms with E-state index in [2.05, 4.69) is 5.32 Å². The van der Waals surface area contributed by atoms with Gasteiger partial charge >= 0.3 is 6.03 Å². The van der Waals surface area contributed by atoms with Crippen LogP contribution in [0, 0.1) is 12.7 Å². The second-order valence-corrected chi connectivity index (χ2v) is 6.18. The van der Waals surface area contributed by atoms with E-state index < -0.39 is 11.6 Å². The van der Waals surface area contributed by atoms with Gasteiger partial charge in [0.2, 0.25) is 0 Å². The summed E-state index contributed by atoms with van der Waals surface area (Å²) in [6.07, 6.45) is 0. The van der Waals surface area contributed by atoms with Crippen molar-refractivity contribution in [3.8, 4) is 5.75 Å². The topological polar surface area (TPSA) is 58.6 Å². The second kappa shape index (κ2) is 6.55. The van der Waals surface area contributed by atoms with Crippen LogP contribution in [0.3, 0.4) is 0 Å². The van der Waals surface area contributed by atoms with E-state index in [1.165, 1.54) is 24.3 Å². The van der Waals surface area contributed by atoms with Crippen LogP contribution in [0.25, 0.3) is 0 Å². The molecule has 1 heterocycles. The van der Waals surface area contributed by atoms with Gasteiger partial charge in [0.15, 0.2) is 0 Å². The maximum atomic E-state index is 12.9. The standard InChI is InChI=1S/C19H19FN2O3/c1-13-3-5-14(6-4-13)19(2)17(23)22(18(24)21-19)11-12-25-16-9-7-15(20)8-10-16/h3-10H,11-12H2,1-2H3,(H,21,24). The minimum atomic E-state index is -1.08. The van der Waals surface area contributed by atoms with Crippen molar-refractivity contribution >= 4 is 11.9 Å². The number of imide groups is 1. The molecule has 0 aromatic heterocycles. The van der Waals surface area contributed by atoms with Gasteiger partial charge in [0.05, 0.1) is 6.54 Å². The zero-order valence-electron chi connectivity index (χ0n) is 14.1. The van der Waals surface area contributed by atoms with E-state index in [-0.39, 0.29) is 24.9 Å². The van der Waals surface area contributed by atoms with Crippen LogP contribution in [-0.4, -0.2) is 30.0 Å². The molecule has 25 heavy (non-hydrogen) atoms. The van der Waals surface area contributed by atoms with Crippen molar-refractivity contribution in [2.24, 2.45) is 0 Å². The van der Waals surface area contributed by atoms with Crippen LogP contribution < -0.4 is 10.1 Å². The Kier molecular flexibility index (Phi) is 4.44. The molecule has 5 nitrogen and oxygen atoms in total. The van der Waals surface area contributed by atoms with Crippen molar-refractivity contribution in [2.75, 3.05) is 13.2 Å². The van der Waals surface area contributed by atoms with E-state index in [1.54, 1.807) is 6.92 Å². The first-order valence-corrected chi connectivity index (χ1v) is 8.00. The number of hydrogen-bond donors (Lipinski definition) is 1. The van der Waals surface area contributed by atoms with Gasteiger partial charge in [0.1, 0.15) is 23.7 Å². The summed E-state index contributed by atoms with van der Waals surface area (Å²) in [6, 6.07) is 12.6. The Hall–Kier alpha value is -2.89. The second-order valence-electron chi connectivity index (χ2n) is 6.18. The van der Waals surface area contributed by atoms with Crippen molar-refractivity contribution in [3.63, 3.8) is 0 Å². The van der Waals surface area contributed by atoms with Gasteiger partial charge in [0.25, 0.3) is 5.91 Å². The Morgan fingerprint density at radius 1 is 1.08 bits per heavy atom. The lowest BCUT2D eigenvalue weighted by Gasteiger charge is -2.22. The molecule has 0 saturated carbocycles. The first kappa shape index (κ1) is 17.0. The Morgan fingerprint density at radius 3 is 2.36 bits per heavy atom. The van der Waals surface area contributed by atoms with Gasteiger partial charge < -0.3 is 10.1 Å². The zero-order chi connectivity index (χ0) is 18.0. The lowest BCUT2D eigenvalue weighted by molar-refractivity contribution is -0.131. The van der Waals surface area contributed by atoms with Crippen molar-refractivity contribution in [3.05, 3.63) is 65.5 Å². The van der Waals surface area contributed by atoms with Crippen LogP contribution in [-0.2, 0) is 10.3 Å². The quantitative estimate of drug-likeness (QED) is 0.850. The number of nitrogens with zero attached hydrogens (tertiary/aromatic N) is 1. The summed E-state index contributed by atoms with van der Waals surface area (Å²) >= 11 is 0. The molecule has 3 amide bonds. The number of carbonyl (C=O) groups excluding carboxylic acids is 2. The van der Waals surface area contributed by atoms with Crippen LogP contribution in [0.5, 0.6) is 5.75 Å². The van der Waals surface area contributed by atoms with Crippen molar-refractivity contribution < 1.29 is 18.7 Å². The Bertz CT molecular complexity index is 789. The summed E-state index contributed by atoms with van der Waals surface area (Å²) < 4.78 is 18.3. The number of rotatable bonds is 5. The molecule has 1 aliphatic rings. The summed E-state index contributed by atoms with van der Waals surface area (Å²) in [6.45, 7) is 3.90. The molecule has 130 valence electrons. The molecular weight excluding hydrogens is 323 g/mol. The molecule has 0 spiro atoms. The minimum absolute atomic E-state index is 0.115. The number of halogens is 1. The number of urea groups is 1. The summed E-state index contributed by atoms with van der Waals surface area (Å²) in [5.41, 5.74) is 0.729. The van der Waals surface area contributed by atoms with E-state index >= 15 is 0 Å². The number of ether oxygens (including phenoxy) is 1. The summed E-state index contributed by atoms with van der Waals surface area (Å²) in [4.78, 5) is 26.1. The van der Waals surface area contributed by atoms with Crippen molar-refractivity contribution in [1.29, 1.82) is 0 Å².